The van der Waals surface area contributed by atoms with Crippen LogP contribution in [0.2, 0.25) is 0 Å². The first-order valence-electron chi connectivity index (χ1n) is 25.8. The van der Waals surface area contributed by atoms with Crippen LogP contribution in [0, 0.1) is 12.3 Å². The number of carbonyl (C=O) groups excluding carboxylic acids is 5. The summed E-state index contributed by atoms with van der Waals surface area (Å²) < 4.78 is 0. The van der Waals surface area contributed by atoms with Gasteiger partial charge < -0.3 is 54.0 Å². The van der Waals surface area contributed by atoms with Gasteiger partial charge in [0.05, 0.1) is 25.2 Å². The highest BCUT2D eigenvalue weighted by Crippen LogP contribution is 2.23. The summed E-state index contributed by atoms with van der Waals surface area (Å²) in [4.78, 5) is 76.8. The number of hydrogen-bond donors (Lipinski definition) is 11. The lowest BCUT2D eigenvalue weighted by molar-refractivity contribution is -0.118. The Bertz CT molecular complexity index is 3450. The lowest BCUT2D eigenvalue weighted by atomic mass is 9.96. The monoisotopic (exact) mass is 1090 g/mol. The van der Waals surface area contributed by atoms with Crippen molar-refractivity contribution < 1.29 is 24.0 Å². The van der Waals surface area contributed by atoms with E-state index in [2.05, 4.69) is 67.7 Å². The molecule has 7 rings (SSSR count). The van der Waals surface area contributed by atoms with E-state index in [1.165, 1.54) is 7.05 Å². The Balaban J connectivity index is 0.000000262. The van der Waals surface area contributed by atoms with Crippen molar-refractivity contribution in [1.82, 2.24) is 16.0 Å². The molecule has 0 spiro atoms. The van der Waals surface area contributed by atoms with E-state index in [0.717, 1.165) is 69.4 Å². The zero-order chi connectivity index (χ0) is 58.4. The molecule has 6 amide bonds. The van der Waals surface area contributed by atoms with Crippen LogP contribution < -0.4 is 54.0 Å². The Labute approximate surface area is 470 Å². The number of aliphatic imine (C=N–C) groups is 3. The van der Waals surface area contributed by atoms with Gasteiger partial charge >= 0.3 is 12.1 Å². The van der Waals surface area contributed by atoms with Crippen LogP contribution >= 0.6 is 0 Å². The summed E-state index contributed by atoms with van der Waals surface area (Å²) in [6.07, 6.45) is 0.345. The highest BCUT2D eigenvalue weighted by atomic mass is 16.2. The van der Waals surface area contributed by atoms with Gasteiger partial charge in [0, 0.05) is 91.4 Å². The summed E-state index contributed by atoms with van der Waals surface area (Å²) in [5, 5.41) is 38.3. The van der Waals surface area contributed by atoms with E-state index in [9.17, 15) is 24.0 Å². The van der Waals surface area contributed by atoms with E-state index in [-0.39, 0.29) is 49.2 Å². The summed E-state index contributed by atoms with van der Waals surface area (Å²) in [5.41, 5.74) is 22.0. The maximum atomic E-state index is 13.1. The predicted molar refractivity (Wildman–Crippen MR) is 326 cm³/mol. The number of urea groups is 2. The second kappa shape index (κ2) is 29.4. The molecule has 0 bridgehead atoms. The smallest absolute Gasteiger partial charge is 0.323 e. The minimum absolute atomic E-state index is 0.0191. The fourth-order valence-corrected chi connectivity index (χ4v) is 8.23. The molecule has 418 valence electrons. The molecule has 0 unspecified atom stereocenters. The Hall–Kier alpha value is -10.3. The Kier molecular flexibility index (Phi) is 21.8. The van der Waals surface area contributed by atoms with Crippen LogP contribution in [0.25, 0.3) is 0 Å². The number of hydrogen-bond acceptors (Lipinski definition) is 12. The van der Waals surface area contributed by atoms with Crippen LogP contribution in [-0.4, -0.2) is 105 Å². The summed E-state index contributed by atoms with van der Waals surface area (Å²) >= 11 is 0. The Morgan fingerprint density at radius 2 is 1.26 bits per heavy atom. The molecule has 0 aliphatic carbocycles. The van der Waals surface area contributed by atoms with E-state index in [1.54, 1.807) is 88.6 Å². The van der Waals surface area contributed by atoms with Gasteiger partial charge in [-0.05, 0) is 140 Å². The largest absolute Gasteiger partial charge is 0.386 e. The standard InChI is InChI=1S/C32H35N7O3.C28H33N9O2/c1-20(38-19-29(33)34)23-7-3-5-21(13-23)15-27(40)18-25-17-26(9-10-28(25)32(42)35-2)39-30(41)16-22-6-4-8-24(14-22)31-36-11-12-37-31;1-17-9-12-24(34-27(38)33-23-8-6-7-21(15-23)18(2)36-37-19(3)29)16-25(17)35-28(39)32-22-13-10-20(11-14-22)26(30-4)31-5/h3-10,13-14,17H,11-12,15-16,18-19H2,1-2H3,(H3,33,34)(H,35,42)(H,36,37)(H,39,41);6-16H,1-5H3,(H2,29,37)(H,30,31)(H2,32,35,39)(H2,33,34,38)/b;36-18+. The number of ketones is 1. The maximum Gasteiger partial charge on any atom is 0.323 e. The quantitative estimate of drug-likeness (QED) is 0.0215. The number of anilines is 5. The number of Topliss-reactive ketones (excluding diaryl/α,β-unsaturated/α-hetero) is 1. The fourth-order valence-electron chi connectivity index (χ4n) is 8.23. The summed E-state index contributed by atoms with van der Waals surface area (Å²) in [7, 11) is 5.04. The molecule has 13 N–H and O–H groups in total. The molecule has 21 nitrogen and oxygen atoms in total. The van der Waals surface area contributed by atoms with Crippen LogP contribution in [0.3, 0.4) is 0 Å². The molecule has 0 saturated heterocycles. The Morgan fingerprint density at radius 3 is 1.93 bits per heavy atom. The SMILES string of the molecule is CN=C(NC)c1ccc(NC(=O)Nc2cc(NC(=O)Nc3cccc(/C(C)=N/N=C(C)N)c3)ccc2C)cc1.CNC(=O)c1ccc(NC(=O)Cc2cccc(C3=NCCN3)c2)cc1CC(=O)Cc1cccc(C(C)=NCC(=N)N)c1. The van der Waals surface area contributed by atoms with Gasteiger partial charge in [0.15, 0.2) is 0 Å². The summed E-state index contributed by atoms with van der Waals surface area (Å²) in [6.45, 7) is 8.81. The van der Waals surface area contributed by atoms with Gasteiger partial charge in [-0.3, -0.25) is 34.8 Å². The molecule has 1 aliphatic rings. The third kappa shape index (κ3) is 18.7. The number of amidine groups is 4. The van der Waals surface area contributed by atoms with E-state index < -0.39 is 12.1 Å². The first-order valence-corrected chi connectivity index (χ1v) is 25.8. The van der Waals surface area contributed by atoms with E-state index in [0.29, 0.717) is 51.1 Å². The summed E-state index contributed by atoms with van der Waals surface area (Å²) in [6, 6.07) is 39.1. The number of amides is 6. The van der Waals surface area contributed by atoms with Gasteiger partial charge in [0.1, 0.15) is 29.1 Å². The molecule has 1 heterocycles. The number of benzene rings is 6. The molecule has 6 aromatic carbocycles. The van der Waals surface area contributed by atoms with Crippen LogP contribution in [-0.2, 0) is 28.9 Å². The first kappa shape index (κ1) is 59.9. The summed E-state index contributed by atoms with van der Waals surface area (Å²) in [5.74, 6) is 1.31. The molecule has 0 saturated carbocycles. The van der Waals surface area contributed by atoms with Crippen LogP contribution in [0.5, 0.6) is 0 Å². The third-order valence-corrected chi connectivity index (χ3v) is 12.2. The molecule has 81 heavy (non-hydrogen) atoms. The lowest BCUT2D eigenvalue weighted by Crippen LogP contribution is -2.22. The van der Waals surface area contributed by atoms with Gasteiger partial charge in [0.2, 0.25) is 5.91 Å². The molecule has 0 aromatic heterocycles. The van der Waals surface area contributed by atoms with Gasteiger partial charge in [-0.25, -0.2) is 9.59 Å². The number of rotatable bonds is 19. The zero-order valence-corrected chi connectivity index (χ0v) is 46.4. The molecule has 0 radical (unpaired) electrons. The Morgan fingerprint density at radius 1 is 0.630 bits per heavy atom. The van der Waals surface area contributed by atoms with Gasteiger partial charge in [-0.1, -0.05) is 54.6 Å². The molecular formula is C60H68N16O5. The topological polar surface area (TPSA) is 319 Å². The van der Waals surface area contributed by atoms with Crippen LogP contribution in [0.4, 0.5) is 38.0 Å². The maximum absolute atomic E-state index is 13.1. The van der Waals surface area contributed by atoms with Crippen molar-refractivity contribution in [1.29, 1.82) is 5.41 Å². The van der Waals surface area contributed by atoms with E-state index >= 15 is 0 Å². The van der Waals surface area contributed by atoms with Crippen LogP contribution in [0.15, 0.2) is 159 Å². The molecule has 1 aliphatic heterocycles. The van der Waals surface area contributed by atoms with Gasteiger partial charge in [0.25, 0.3) is 5.91 Å². The molecular weight excluding hydrogens is 1020 g/mol. The van der Waals surface area contributed by atoms with Crippen molar-refractivity contribution >= 4 is 92.9 Å². The average Bonchev–Trinajstić information content (AvgIpc) is 4.01. The van der Waals surface area contributed by atoms with E-state index in [1.807, 2.05) is 86.6 Å². The van der Waals surface area contributed by atoms with Gasteiger partial charge in [-0.15, -0.1) is 5.10 Å². The van der Waals surface area contributed by atoms with Gasteiger partial charge in [-0.2, -0.15) is 5.10 Å². The number of nitrogens with one attached hydrogen (secondary N) is 9. The second-order valence-electron chi connectivity index (χ2n) is 18.6. The van der Waals surface area contributed by atoms with Crippen molar-refractivity contribution in [3.8, 4) is 0 Å². The second-order valence-corrected chi connectivity index (χ2v) is 18.6. The minimum atomic E-state index is -0.437. The number of nitrogens with two attached hydrogens (primary N) is 2. The average molecular weight is 1090 g/mol. The van der Waals surface area contributed by atoms with Crippen molar-refractivity contribution in [3.05, 3.63) is 184 Å². The highest BCUT2D eigenvalue weighted by molar-refractivity contribution is 6.06. The lowest BCUT2D eigenvalue weighted by Gasteiger charge is -2.13. The number of carbonyl (C=O) groups is 5. The van der Waals surface area contributed by atoms with Crippen LogP contribution in [0.1, 0.15) is 75.6 Å². The van der Waals surface area contributed by atoms with Crippen molar-refractivity contribution in [2.24, 2.45) is 36.6 Å². The van der Waals surface area contributed by atoms with Crippen molar-refractivity contribution in [2.45, 2.75) is 47.0 Å². The number of nitrogens with zero attached hydrogens (tertiary/aromatic N) is 5. The molecule has 0 atom stereocenters. The van der Waals surface area contributed by atoms with E-state index in [4.69, 9.17) is 16.9 Å². The molecule has 21 heteroatoms. The minimum Gasteiger partial charge on any atom is -0.386 e. The van der Waals surface area contributed by atoms with Crippen molar-refractivity contribution in [3.63, 3.8) is 0 Å². The predicted octanol–water partition coefficient (Wildman–Crippen LogP) is 7.66. The zero-order valence-electron chi connectivity index (χ0n) is 46.4. The first-order chi connectivity index (χ1) is 38.9. The normalized spacial score (nSPS) is 12.4. The highest BCUT2D eigenvalue weighted by Gasteiger charge is 2.18. The fraction of sp³-hybridized carbons (Fsp3) is 0.217. The molecule has 6 aromatic rings. The third-order valence-electron chi connectivity index (χ3n) is 12.2. The van der Waals surface area contributed by atoms with Crippen molar-refractivity contribution in [2.75, 3.05) is 67.4 Å². The number of aryl methyl sites for hydroxylation is 1. The molecule has 0 fully saturated rings.